The fourth-order valence-electron chi connectivity index (χ4n) is 3.66. The average Bonchev–Trinajstić information content (AvgIpc) is 3.21. The van der Waals surface area contributed by atoms with E-state index in [1.54, 1.807) is 28.9 Å². The fourth-order valence-corrected chi connectivity index (χ4v) is 3.66. The first kappa shape index (κ1) is 23.4. The van der Waals surface area contributed by atoms with Crippen molar-refractivity contribution in [3.63, 3.8) is 0 Å². The summed E-state index contributed by atoms with van der Waals surface area (Å²) in [6.07, 6.45) is -1.01. The van der Waals surface area contributed by atoms with Crippen LogP contribution in [-0.4, -0.2) is 46.0 Å². The van der Waals surface area contributed by atoms with Crippen LogP contribution in [0.25, 0.3) is 16.9 Å². The minimum atomic E-state index is -4.52. The van der Waals surface area contributed by atoms with Crippen LogP contribution in [-0.2, 0) is 12.6 Å². The summed E-state index contributed by atoms with van der Waals surface area (Å²) in [5, 5.41) is 7.38. The maximum Gasteiger partial charge on any atom is 0.416 e. The van der Waals surface area contributed by atoms with Gasteiger partial charge >= 0.3 is 6.18 Å². The molecule has 2 heterocycles. The van der Waals surface area contributed by atoms with Crippen LogP contribution in [0.5, 0.6) is 0 Å². The summed E-state index contributed by atoms with van der Waals surface area (Å²) in [5.41, 5.74) is 2.76. The van der Waals surface area contributed by atoms with Crippen LogP contribution < -0.4 is 5.32 Å². The van der Waals surface area contributed by atoms with Crippen LogP contribution >= 0.6 is 0 Å². The molecule has 2 aromatic heterocycles. The van der Waals surface area contributed by atoms with Gasteiger partial charge in [-0.25, -0.2) is 9.50 Å². The number of anilines is 1. The number of amides is 1. The molecule has 176 valence electrons. The van der Waals surface area contributed by atoms with Crippen LogP contribution in [0.15, 0.2) is 66.9 Å². The molecule has 6 nitrogen and oxygen atoms in total. The second-order valence-corrected chi connectivity index (χ2v) is 8.26. The van der Waals surface area contributed by atoms with Gasteiger partial charge < -0.3 is 10.2 Å². The zero-order chi connectivity index (χ0) is 24.3. The molecule has 2 aromatic carbocycles. The third-order valence-corrected chi connectivity index (χ3v) is 5.32. The first-order chi connectivity index (χ1) is 16.2. The standard InChI is InChI=1S/C25H24F3N5O/c1-32(2)13-5-10-21-16-23-29-12-11-22(33(23)31-21)17-6-4-9-20(15-17)30-24(34)18-7-3-8-19(14-18)25(26,27)28/h3-4,6-9,11-12,14-16H,5,10,13H2,1-2H3,(H,30,34). The molecule has 0 aliphatic carbocycles. The van der Waals surface area contributed by atoms with E-state index < -0.39 is 17.6 Å². The number of alkyl halides is 3. The Hall–Kier alpha value is -3.72. The monoisotopic (exact) mass is 467 g/mol. The lowest BCUT2D eigenvalue weighted by Crippen LogP contribution is -2.14. The second-order valence-electron chi connectivity index (χ2n) is 8.26. The van der Waals surface area contributed by atoms with Gasteiger partial charge in [0.1, 0.15) is 0 Å². The molecule has 1 amide bonds. The number of hydrogen-bond donors (Lipinski definition) is 1. The van der Waals surface area contributed by atoms with Crippen molar-refractivity contribution in [3.05, 3.63) is 83.7 Å². The molecule has 0 aliphatic heterocycles. The predicted molar refractivity (Wildman–Crippen MR) is 125 cm³/mol. The molecule has 0 spiro atoms. The van der Waals surface area contributed by atoms with Gasteiger partial charge in [-0.1, -0.05) is 18.2 Å². The normalized spacial score (nSPS) is 11.8. The van der Waals surface area contributed by atoms with E-state index in [0.29, 0.717) is 5.69 Å². The van der Waals surface area contributed by atoms with Crippen LogP contribution in [0, 0.1) is 0 Å². The quantitative estimate of drug-likeness (QED) is 0.408. The van der Waals surface area contributed by atoms with Gasteiger partial charge in [-0.05, 0) is 69.9 Å². The first-order valence-electron chi connectivity index (χ1n) is 10.8. The Labute approximate surface area is 195 Å². The Morgan fingerprint density at radius 1 is 1.06 bits per heavy atom. The summed E-state index contributed by atoms with van der Waals surface area (Å²) in [5.74, 6) is -0.620. The van der Waals surface area contributed by atoms with Crippen molar-refractivity contribution in [1.29, 1.82) is 0 Å². The molecule has 0 saturated carbocycles. The van der Waals surface area contributed by atoms with Crippen molar-refractivity contribution in [3.8, 4) is 11.3 Å². The number of aryl methyl sites for hydroxylation is 1. The van der Waals surface area contributed by atoms with Crippen molar-refractivity contribution < 1.29 is 18.0 Å². The van der Waals surface area contributed by atoms with Crippen LogP contribution in [0.2, 0.25) is 0 Å². The molecule has 4 aromatic rings. The van der Waals surface area contributed by atoms with E-state index in [1.165, 1.54) is 12.1 Å². The predicted octanol–water partition coefficient (Wildman–Crippen LogP) is 5.16. The van der Waals surface area contributed by atoms with E-state index in [9.17, 15) is 18.0 Å². The number of carbonyl (C=O) groups is 1. The maximum atomic E-state index is 13.0. The zero-order valence-electron chi connectivity index (χ0n) is 18.8. The molecule has 0 aliphatic rings. The van der Waals surface area contributed by atoms with Crippen LogP contribution in [0.4, 0.5) is 18.9 Å². The minimum absolute atomic E-state index is 0.0685. The van der Waals surface area contributed by atoms with Gasteiger partial charge in [0.25, 0.3) is 5.91 Å². The molecule has 0 saturated heterocycles. The number of carbonyl (C=O) groups excluding carboxylic acids is 1. The largest absolute Gasteiger partial charge is 0.416 e. The molecular weight excluding hydrogens is 443 g/mol. The van der Waals surface area contributed by atoms with Crippen LogP contribution in [0.3, 0.4) is 0 Å². The third kappa shape index (κ3) is 5.43. The van der Waals surface area contributed by atoms with E-state index in [0.717, 1.165) is 54.1 Å². The first-order valence-corrected chi connectivity index (χ1v) is 10.8. The van der Waals surface area contributed by atoms with Gasteiger partial charge in [-0.3, -0.25) is 4.79 Å². The average molecular weight is 467 g/mol. The number of benzene rings is 2. The van der Waals surface area contributed by atoms with Crippen molar-refractivity contribution in [1.82, 2.24) is 19.5 Å². The van der Waals surface area contributed by atoms with Gasteiger partial charge in [-0.15, -0.1) is 0 Å². The molecule has 34 heavy (non-hydrogen) atoms. The van der Waals surface area contributed by atoms with E-state index in [2.05, 4.69) is 15.2 Å². The number of nitrogens with one attached hydrogen (secondary N) is 1. The van der Waals surface area contributed by atoms with Crippen molar-refractivity contribution in [2.45, 2.75) is 19.0 Å². The summed E-state index contributed by atoms with van der Waals surface area (Å²) < 4.78 is 40.7. The number of rotatable bonds is 7. The Balaban J connectivity index is 1.57. The zero-order valence-corrected chi connectivity index (χ0v) is 18.8. The highest BCUT2D eigenvalue weighted by Crippen LogP contribution is 2.30. The van der Waals surface area contributed by atoms with Crippen molar-refractivity contribution in [2.75, 3.05) is 26.0 Å². The van der Waals surface area contributed by atoms with Gasteiger partial charge in [0.2, 0.25) is 0 Å². The van der Waals surface area contributed by atoms with Gasteiger partial charge in [0.15, 0.2) is 5.65 Å². The van der Waals surface area contributed by atoms with Crippen LogP contribution in [0.1, 0.15) is 28.0 Å². The number of hydrogen-bond acceptors (Lipinski definition) is 4. The van der Waals surface area contributed by atoms with Crippen molar-refractivity contribution >= 4 is 17.2 Å². The second kappa shape index (κ2) is 9.64. The molecule has 9 heteroatoms. The number of aromatic nitrogens is 3. The lowest BCUT2D eigenvalue weighted by molar-refractivity contribution is -0.137. The van der Waals surface area contributed by atoms with E-state index in [-0.39, 0.29) is 5.56 Å². The molecule has 0 atom stereocenters. The summed E-state index contributed by atoms with van der Waals surface area (Å²) in [7, 11) is 4.06. The molecule has 0 fully saturated rings. The van der Waals surface area contributed by atoms with E-state index >= 15 is 0 Å². The van der Waals surface area contributed by atoms with Crippen molar-refractivity contribution in [2.24, 2.45) is 0 Å². The molecule has 0 bridgehead atoms. The lowest BCUT2D eigenvalue weighted by Gasteiger charge is -2.11. The molecular formula is C25H24F3N5O. The number of halogens is 3. The highest BCUT2D eigenvalue weighted by molar-refractivity contribution is 6.04. The smallest absolute Gasteiger partial charge is 0.322 e. The lowest BCUT2D eigenvalue weighted by atomic mass is 10.1. The Kier molecular flexibility index (Phi) is 6.65. The minimum Gasteiger partial charge on any atom is -0.322 e. The SMILES string of the molecule is CN(C)CCCc1cc2nccc(-c3cccc(NC(=O)c4cccc(C(F)(F)F)c4)c3)n2n1. The highest BCUT2D eigenvalue weighted by Gasteiger charge is 2.30. The topological polar surface area (TPSA) is 62.5 Å². The molecule has 0 radical (unpaired) electrons. The van der Waals surface area contributed by atoms with E-state index in [1.807, 2.05) is 32.3 Å². The van der Waals surface area contributed by atoms with Gasteiger partial charge in [0, 0.05) is 29.1 Å². The molecule has 1 N–H and O–H groups in total. The summed E-state index contributed by atoms with van der Waals surface area (Å²) in [6.45, 7) is 0.960. The maximum absolute atomic E-state index is 13.0. The highest BCUT2D eigenvalue weighted by atomic mass is 19.4. The van der Waals surface area contributed by atoms with Gasteiger partial charge in [0.05, 0.1) is 17.0 Å². The Morgan fingerprint density at radius 2 is 1.85 bits per heavy atom. The molecule has 0 unspecified atom stereocenters. The third-order valence-electron chi connectivity index (χ3n) is 5.32. The summed E-state index contributed by atoms with van der Waals surface area (Å²) in [6, 6.07) is 15.2. The van der Waals surface area contributed by atoms with Gasteiger partial charge in [-0.2, -0.15) is 18.3 Å². The Morgan fingerprint density at radius 3 is 2.62 bits per heavy atom. The Bertz CT molecular complexity index is 1310. The molecule has 4 rings (SSSR count). The number of nitrogens with zero attached hydrogens (tertiary/aromatic N) is 4. The summed E-state index contributed by atoms with van der Waals surface area (Å²) >= 11 is 0. The number of fused-ring (bicyclic) bond motifs is 1. The fraction of sp³-hybridized carbons (Fsp3) is 0.240. The van der Waals surface area contributed by atoms with E-state index in [4.69, 9.17) is 5.10 Å². The summed E-state index contributed by atoms with van der Waals surface area (Å²) in [4.78, 5) is 19.1.